The van der Waals surface area contributed by atoms with Crippen molar-refractivity contribution in [2.45, 2.75) is 20.0 Å². The summed E-state index contributed by atoms with van der Waals surface area (Å²) in [6.45, 7) is 2.86. The van der Waals surface area contributed by atoms with Crippen molar-refractivity contribution in [2.24, 2.45) is 0 Å². The average molecular weight is 406 g/mol. The highest BCUT2D eigenvalue weighted by molar-refractivity contribution is 5.93. The molecule has 2 rings (SSSR count). The second-order valence-electron chi connectivity index (χ2n) is 4.49. The molecule has 7 heteroatoms. The summed E-state index contributed by atoms with van der Waals surface area (Å²) in [6, 6.07) is 5.28. The molecule has 0 saturated heterocycles. The van der Waals surface area contributed by atoms with E-state index in [0.29, 0.717) is 18.7 Å². The molecule has 2 aromatic rings. The molecule has 0 amide bonds. The summed E-state index contributed by atoms with van der Waals surface area (Å²) in [7, 11) is 1.34. The number of aliphatic hydroxyl groups excluding tert-OH is 2. The molecule has 0 aliphatic heterocycles. The maximum Gasteiger partial charge on any atom is 0.338 e. The lowest BCUT2D eigenvalue weighted by molar-refractivity contribution is -0.679. The van der Waals surface area contributed by atoms with E-state index in [1.54, 1.807) is 12.1 Å². The SMILES string of the molecule is COC(=O)c1ccc2c(c1)n(CCO)c(C)[n+]2CCO.[I-]. The number of methoxy groups -OCH3 is 1. The predicted molar refractivity (Wildman–Crippen MR) is 72.4 cm³/mol. The van der Waals surface area contributed by atoms with Gasteiger partial charge in [-0.25, -0.2) is 13.9 Å². The number of hydrogen-bond acceptors (Lipinski definition) is 4. The van der Waals surface area contributed by atoms with E-state index in [0.717, 1.165) is 16.9 Å². The van der Waals surface area contributed by atoms with Gasteiger partial charge in [0, 0.05) is 13.0 Å². The molecule has 21 heavy (non-hydrogen) atoms. The van der Waals surface area contributed by atoms with Gasteiger partial charge in [-0.15, -0.1) is 0 Å². The molecule has 0 spiro atoms. The normalized spacial score (nSPS) is 10.5. The number of carbonyl (C=O) groups is 1. The zero-order chi connectivity index (χ0) is 14.7. The third-order valence-corrected chi connectivity index (χ3v) is 3.41. The molecular formula is C14H19IN2O4. The average Bonchev–Trinajstić information content (AvgIpc) is 2.72. The van der Waals surface area contributed by atoms with Crippen molar-refractivity contribution in [2.75, 3.05) is 20.3 Å². The number of ether oxygens (including phenoxy) is 1. The number of aliphatic hydroxyl groups is 2. The van der Waals surface area contributed by atoms with Crippen LogP contribution < -0.4 is 28.5 Å². The Morgan fingerprint density at radius 2 is 2.05 bits per heavy atom. The second kappa shape index (κ2) is 7.71. The Labute approximate surface area is 140 Å². The molecule has 2 N–H and O–H groups in total. The van der Waals surface area contributed by atoms with Gasteiger partial charge in [0.2, 0.25) is 0 Å². The van der Waals surface area contributed by atoms with Crippen LogP contribution in [0.3, 0.4) is 0 Å². The number of aromatic nitrogens is 2. The van der Waals surface area contributed by atoms with E-state index in [1.165, 1.54) is 7.11 Å². The van der Waals surface area contributed by atoms with Crippen molar-refractivity contribution >= 4 is 17.0 Å². The fourth-order valence-electron chi connectivity index (χ4n) is 2.47. The standard InChI is InChI=1S/C14H19N2O4.HI/c1-10-15(5-7-17)12-4-3-11(14(19)20-2)9-13(12)16(10)6-8-18;/h3-4,9,17-18H,5-8H2,1-2H3;1H/q+1;/p-1. The molecule has 116 valence electrons. The monoisotopic (exact) mass is 406 g/mol. The zero-order valence-electron chi connectivity index (χ0n) is 12.0. The molecule has 6 nitrogen and oxygen atoms in total. The summed E-state index contributed by atoms with van der Waals surface area (Å²) in [5.41, 5.74) is 2.22. The smallest absolute Gasteiger partial charge is 0.338 e. The highest BCUT2D eigenvalue weighted by Crippen LogP contribution is 2.17. The molecule has 1 heterocycles. The molecule has 0 atom stereocenters. The fraction of sp³-hybridized carbons (Fsp3) is 0.429. The van der Waals surface area contributed by atoms with E-state index in [2.05, 4.69) is 0 Å². The minimum Gasteiger partial charge on any atom is -1.00 e. The fourth-order valence-corrected chi connectivity index (χ4v) is 2.47. The summed E-state index contributed by atoms with van der Waals surface area (Å²) < 4.78 is 8.62. The first-order chi connectivity index (χ1) is 9.63. The number of nitrogens with zero attached hydrogens (tertiary/aromatic N) is 2. The van der Waals surface area contributed by atoms with Crippen molar-refractivity contribution < 1.29 is 48.3 Å². The van der Waals surface area contributed by atoms with Crippen LogP contribution in [0.4, 0.5) is 0 Å². The lowest BCUT2D eigenvalue weighted by Gasteiger charge is -1.99. The first kappa shape index (κ1) is 17.9. The minimum atomic E-state index is -0.394. The number of benzene rings is 1. The first-order valence-corrected chi connectivity index (χ1v) is 6.46. The number of fused-ring (bicyclic) bond motifs is 1. The molecule has 0 unspecified atom stereocenters. The Morgan fingerprint density at radius 3 is 2.62 bits per heavy atom. The number of imidazole rings is 1. The van der Waals surface area contributed by atoms with Crippen molar-refractivity contribution in [3.63, 3.8) is 0 Å². The molecule has 1 aromatic carbocycles. The molecule has 0 bridgehead atoms. The molecule has 0 aliphatic carbocycles. The molecule has 0 radical (unpaired) electrons. The summed E-state index contributed by atoms with van der Waals surface area (Å²) in [5.74, 6) is 0.528. The van der Waals surface area contributed by atoms with Gasteiger partial charge in [-0.1, -0.05) is 0 Å². The molecule has 1 aromatic heterocycles. The van der Waals surface area contributed by atoms with Gasteiger partial charge in [-0.2, -0.15) is 0 Å². The van der Waals surface area contributed by atoms with Crippen LogP contribution in [0.2, 0.25) is 0 Å². The largest absolute Gasteiger partial charge is 1.00 e. The van der Waals surface area contributed by atoms with Crippen molar-refractivity contribution in [1.82, 2.24) is 4.57 Å². The Hall–Kier alpha value is -1.19. The molecule has 0 saturated carbocycles. The van der Waals surface area contributed by atoms with Gasteiger partial charge in [-0.3, -0.25) is 0 Å². The van der Waals surface area contributed by atoms with Gasteiger partial charge < -0.3 is 38.9 Å². The highest BCUT2D eigenvalue weighted by Gasteiger charge is 2.22. The van der Waals surface area contributed by atoms with Crippen LogP contribution in [0, 0.1) is 6.92 Å². The van der Waals surface area contributed by atoms with Crippen LogP contribution in [0.25, 0.3) is 11.0 Å². The first-order valence-electron chi connectivity index (χ1n) is 6.46. The Kier molecular flexibility index (Phi) is 6.56. The minimum absolute atomic E-state index is 0. The van der Waals surface area contributed by atoms with Crippen LogP contribution in [0.5, 0.6) is 0 Å². The maximum atomic E-state index is 11.6. The summed E-state index contributed by atoms with van der Waals surface area (Å²) in [5, 5.41) is 18.4. The van der Waals surface area contributed by atoms with Gasteiger partial charge in [0.25, 0.3) is 5.82 Å². The molecular weight excluding hydrogens is 387 g/mol. The third kappa shape index (κ3) is 3.35. The predicted octanol–water partition coefficient (Wildman–Crippen LogP) is -2.99. The van der Waals surface area contributed by atoms with Crippen molar-refractivity contribution in [3.05, 3.63) is 29.6 Å². The quantitative estimate of drug-likeness (QED) is 0.316. The summed E-state index contributed by atoms with van der Waals surface area (Å²) >= 11 is 0. The third-order valence-electron chi connectivity index (χ3n) is 3.41. The Morgan fingerprint density at radius 1 is 1.33 bits per heavy atom. The lowest BCUT2D eigenvalue weighted by Crippen LogP contribution is -3.00. The topological polar surface area (TPSA) is 75.6 Å². The number of carbonyl (C=O) groups excluding carboxylic acids is 1. The van der Waals surface area contributed by atoms with Crippen LogP contribution in [0.1, 0.15) is 16.2 Å². The number of rotatable bonds is 5. The van der Waals surface area contributed by atoms with Gasteiger partial charge in [0.05, 0.1) is 25.9 Å². The number of esters is 1. The molecule has 0 aliphatic rings. The second-order valence-corrected chi connectivity index (χ2v) is 4.49. The van der Waals surface area contributed by atoms with Gasteiger partial charge in [0.1, 0.15) is 13.1 Å². The van der Waals surface area contributed by atoms with E-state index in [4.69, 9.17) is 4.74 Å². The van der Waals surface area contributed by atoms with Crippen LogP contribution >= 0.6 is 0 Å². The van der Waals surface area contributed by atoms with E-state index in [1.807, 2.05) is 22.1 Å². The number of halogens is 1. The lowest BCUT2D eigenvalue weighted by atomic mass is 10.2. The van der Waals surface area contributed by atoms with Crippen LogP contribution in [0.15, 0.2) is 18.2 Å². The van der Waals surface area contributed by atoms with Crippen LogP contribution in [-0.2, 0) is 17.8 Å². The van der Waals surface area contributed by atoms with Crippen molar-refractivity contribution in [1.29, 1.82) is 0 Å². The van der Waals surface area contributed by atoms with E-state index >= 15 is 0 Å². The highest BCUT2D eigenvalue weighted by atomic mass is 127. The van der Waals surface area contributed by atoms with Crippen LogP contribution in [-0.4, -0.2) is 41.1 Å². The molecule has 0 fully saturated rings. The van der Waals surface area contributed by atoms with Crippen molar-refractivity contribution in [3.8, 4) is 0 Å². The van der Waals surface area contributed by atoms with Gasteiger partial charge in [0.15, 0.2) is 11.0 Å². The Balaban J connectivity index is 0.00000220. The van der Waals surface area contributed by atoms with Gasteiger partial charge >= 0.3 is 5.97 Å². The summed E-state index contributed by atoms with van der Waals surface area (Å²) in [4.78, 5) is 11.6. The van der Waals surface area contributed by atoms with Gasteiger partial charge in [-0.05, 0) is 12.1 Å². The number of hydrogen-bond donors (Lipinski definition) is 2. The van der Waals surface area contributed by atoms with E-state index in [9.17, 15) is 15.0 Å². The summed E-state index contributed by atoms with van der Waals surface area (Å²) in [6.07, 6.45) is 0. The Bertz CT molecular complexity index is 639. The zero-order valence-corrected chi connectivity index (χ0v) is 14.2. The van der Waals surface area contributed by atoms with E-state index < -0.39 is 5.97 Å². The van der Waals surface area contributed by atoms with E-state index in [-0.39, 0.29) is 37.2 Å². The maximum absolute atomic E-state index is 11.6.